The van der Waals surface area contributed by atoms with Crippen molar-refractivity contribution in [3.8, 4) is 0 Å². The lowest BCUT2D eigenvalue weighted by atomic mass is 9.80. The molecule has 102 valence electrons. The summed E-state index contributed by atoms with van der Waals surface area (Å²) < 4.78 is 26.4. The third kappa shape index (κ3) is 5.16. The van der Waals surface area contributed by atoms with Crippen LogP contribution in [-0.2, 0) is 6.42 Å². The van der Waals surface area contributed by atoms with Gasteiger partial charge in [-0.3, -0.25) is 0 Å². The van der Waals surface area contributed by atoms with E-state index in [9.17, 15) is 8.78 Å². The summed E-state index contributed by atoms with van der Waals surface area (Å²) in [6, 6.07) is 3.87. The predicted molar refractivity (Wildman–Crippen MR) is 72.5 cm³/mol. The van der Waals surface area contributed by atoms with E-state index in [2.05, 4.69) is 27.7 Å². The molecule has 1 aromatic carbocycles. The fourth-order valence-electron chi connectivity index (χ4n) is 2.26. The van der Waals surface area contributed by atoms with Gasteiger partial charge in [0.2, 0.25) is 0 Å². The third-order valence-electron chi connectivity index (χ3n) is 3.32. The van der Waals surface area contributed by atoms with Crippen molar-refractivity contribution in [3.63, 3.8) is 0 Å². The van der Waals surface area contributed by atoms with Gasteiger partial charge in [-0.05, 0) is 35.8 Å². The van der Waals surface area contributed by atoms with Gasteiger partial charge in [-0.2, -0.15) is 0 Å². The lowest BCUT2D eigenvalue weighted by Gasteiger charge is -2.25. The van der Waals surface area contributed by atoms with Gasteiger partial charge in [0.05, 0.1) is 0 Å². The van der Waals surface area contributed by atoms with Crippen LogP contribution >= 0.6 is 0 Å². The second-order valence-electron chi connectivity index (χ2n) is 6.36. The summed E-state index contributed by atoms with van der Waals surface area (Å²) in [5.74, 6) is -0.218. The Hall–Kier alpha value is -0.920. The van der Waals surface area contributed by atoms with E-state index >= 15 is 0 Å². The first-order valence-electron chi connectivity index (χ1n) is 6.74. The lowest BCUT2D eigenvalue weighted by Crippen LogP contribution is -2.16. The van der Waals surface area contributed by atoms with E-state index in [-0.39, 0.29) is 5.41 Å². The highest BCUT2D eigenvalue weighted by molar-refractivity contribution is 5.19. The zero-order valence-electron chi connectivity index (χ0n) is 11.9. The van der Waals surface area contributed by atoms with E-state index in [1.54, 1.807) is 6.07 Å². The van der Waals surface area contributed by atoms with Gasteiger partial charge in [0.15, 0.2) is 0 Å². The van der Waals surface area contributed by atoms with Crippen LogP contribution in [0.1, 0.15) is 52.5 Å². The molecule has 0 unspecified atom stereocenters. The minimum atomic E-state index is -0.506. The van der Waals surface area contributed by atoms with Gasteiger partial charge in [-0.25, -0.2) is 8.78 Å². The van der Waals surface area contributed by atoms with E-state index in [0.29, 0.717) is 17.9 Å². The van der Waals surface area contributed by atoms with E-state index < -0.39 is 11.6 Å². The first kappa shape index (κ1) is 15.1. The van der Waals surface area contributed by atoms with Crippen molar-refractivity contribution < 1.29 is 8.78 Å². The fraction of sp³-hybridized carbons (Fsp3) is 0.625. The van der Waals surface area contributed by atoms with E-state index in [4.69, 9.17) is 0 Å². The van der Waals surface area contributed by atoms with E-state index in [0.717, 1.165) is 18.9 Å². The fourth-order valence-corrected chi connectivity index (χ4v) is 2.26. The molecule has 0 nitrogen and oxygen atoms in total. The Morgan fingerprint density at radius 2 is 1.83 bits per heavy atom. The van der Waals surface area contributed by atoms with Crippen molar-refractivity contribution in [3.05, 3.63) is 35.4 Å². The second kappa shape index (κ2) is 6.31. The van der Waals surface area contributed by atoms with Crippen molar-refractivity contribution >= 4 is 0 Å². The number of hydrogen-bond acceptors (Lipinski definition) is 0. The molecule has 0 saturated carbocycles. The molecule has 0 spiro atoms. The predicted octanol–water partition coefficient (Wildman–Crippen LogP) is 5.36. The van der Waals surface area contributed by atoms with Gasteiger partial charge in [-0.1, -0.05) is 46.6 Å². The number of benzene rings is 1. The summed E-state index contributed by atoms with van der Waals surface area (Å²) in [6.45, 7) is 8.73. The minimum Gasteiger partial charge on any atom is -0.207 e. The molecule has 0 fully saturated rings. The number of rotatable bonds is 6. The average molecular weight is 254 g/mol. The summed E-state index contributed by atoms with van der Waals surface area (Å²) in [5.41, 5.74) is 0.680. The summed E-state index contributed by atoms with van der Waals surface area (Å²) >= 11 is 0. The largest absolute Gasteiger partial charge is 0.207 e. The van der Waals surface area contributed by atoms with Crippen LogP contribution in [-0.4, -0.2) is 0 Å². The van der Waals surface area contributed by atoms with E-state index in [1.165, 1.54) is 12.5 Å². The van der Waals surface area contributed by atoms with Crippen LogP contribution in [0.25, 0.3) is 0 Å². The van der Waals surface area contributed by atoms with Crippen LogP contribution in [0, 0.1) is 23.0 Å². The standard InChI is InChI=1S/C16H24F2/c1-12(2)6-5-9-16(3,4)11-13-7-8-14(17)10-15(13)18/h7-8,10,12H,5-6,9,11H2,1-4H3. The van der Waals surface area contributed by atoms with Crippen molar-refractivity contribution in [2.24, 2.45) is 11.3 Å². The molecule has 0 aliphatic heterocycles. The normalized spacial score (nSPS) is 12.2. The molecule has 0 radical (unpaired) electrons. The molecular weight excluding hydrogens is 230 g/mol. The Morgan fingerprint density at radius 1 is 1.17 bits per heavy atom. The first-order valence-corrected chi connectivity index (χ1v) is 6.74. The Labute approximate surface area is 109 Å². The highest BCUT2D eigenvalue weighted by Crippen LogP contribution is 2.30. The minimum absolute atomic E-state index is 0.0631. The smallest absolute Gasteiger partial charge is 0.129 e. The van der Waals surface area contributed by atoms with Gasteiger partial charge in [-0.15, -0.1) is 0 Å². The molecule has 0 heterocycles. The lowest BCUT2D eigenvalue weighted by molar-refractivity contribution is 0.306. The Balaban J connectivity index is 2.58. The number of halogens is 2. The van der Waals surface area contributed by atoms with Gasteiger partial charge < -0.3 is 0 Å². The van der Waals surface area contributed by atoms with Crippen LogP contribution in [0.2, 0.25) is 0 Å². The van der Waals surface area contributed by atoms with Gasteiger partial charge >= 0.3 is 0 Å². The monoisotopic (exact) mass is 254 g/mol. The van der Waals surface area contributed by atoms with E-state index in [1.807, 2.05) is 0 Å². The Kier molecular flexibility index (Phi) is 5.30. The molecule has 0 amide bonds. The molecule has 0 N–H and O–H groups in total. The highest BCUT2D eigenvalue weighted by Gasteiger charge is 2.20. The molecule has 0 aliphatic rings. The second-order valence-corrected chi connectivity index (χ2v) is 6.36. The summed E-state index contributed by atoms with van der Waals surface area (Å²) in [6.07, 6.45) is 4.10. The van der Waals surface area contributed by atoms with Gasteiger partial charge in [0.1, 0.15) is 11.6 Å². The van der Waals surface area contributed by atoms with Crippen LogP contribution in [0.3, 0.4) is 0 Å². The third-order valence-corrected chi connectivity index (χ3v) is 3.32. The summed E-state index contributed by atoms with van der Waals surface area (Å²) in [7, 11) is 0. The molecule has 0 bridgehead atoms. The number of hydrogen-bond donors (Lipinski definition) is 0. The van der Waals surface area contributed by atoms with Crippen molar-refractivity contribution in [2.75, 3.05) is 0 Å². The van der Waals surface area contributed by atoms with Crippen LogP contribution < -0.4 is 0 Å². The molecular formula is C16H24F2. The topological polar surface area (TPSA) is 0 Å². The molecule has 1 rings (SSSR count). The van der Waals surface area contributed by atoms with Crippen molar-refractivity contribution in [1.82, 2.24) is 0 Å². The zero-order valence-corrected chi connectivity index (χ0v) is 11.9. The van der Waals surface area contributed by atoms with Gasteiger partial charge in [0.25, 0.3) is 0 Å². The molecule has 18 heavy (non-hydrogen) atoms. The molecule has 0 saturated heterocycles. The van der Waals surface area contributed by atoms with Crippen LogP contribution in [0.5, 0.6) is 0 Å². The van der Waals surface area contributed by atoms with Crippen molar-refractivity contribution in [1.29, 1.82) is 0 Å². The average Bonchev–Trinajstić information content (AvgIpc) is 2.21. The molecule has 0 aromatic heterocycles. The summed E-state index contributed by atoms with van der Waals surface area (Å²) in [4.78, 5) is 0. The maximum Gasteiger partial charge on any atom is 0.129 e. The SMILES string of the molecule is CC(C)CCCC(C)(C)Cc1ccc(F)cc1F. The maximum absolute atomic E-state index is 13.6. The Morgan fingerprint density at radius 3 is 2.39 bits per heavy atom. The Bertz CT molecular complexity index is 381. The summed E-state index contributed by atoms with van der Waals surface area (Å²) in [5, 5.41) is 0. The van der Waals surface area contributed by atoms with Crippen molar-refractivity contribution in [2.45, 2.75) is 53.4 Å². The first-order chi connectivity index (χ1) is 8.30. The molecule has 0 atom stereocenters. The van der Waals surface area contributed by atoms with Crippen LogP contribution in [0.4, 0.5) is 8.78 Å². The van der Waals surface area contributed by atoms with Gasteiger partial charge in [0, 0.05) is 6.07 Å². The molecule has 2 heteroatoms. The maximum atomic E-state index is 13.6. The highest BCUT2D eigenvalue weighted by atomic mass is 19.1. The quantitative estimate of drug-likeness (QED) is 0.641. The molecule has 1 aromatic rings. The van der Waals surface area contributed by atoms with Crippen LogP contribution in [0.15, 0.2) is 18.2 Å². The molecule has 0 aliphatic carbocycles. The zero-order chi connectivity index (χ0) is 13.8.